The van der Waals surface area contributed by atoms with E-state index < -0.39 is 0 Å². The molecule has 0 aromatic carbocycles. The Hall–Kier alpha value is -1.85. The summed E-state index contributed by atoms with van der Waals surface area (Å²) >= 11 is 0. The van der Waals surface area contributed by atoms with E-state index in [-0.39, 0.29) is 17.9 Å². The molecule has 0 aliphatic heterocycles. The van der Waals surface area contributed by atoms with Gasteiger partial charge in [-0.15, -0.1) is 0 Å². The highest BCUT2D eigenvalue weighted by Gasteiger charge is 2.05. The van der Waals surface area contributed by atoms with Crippen LogP contribution in [0.15, 0.2) is 17.1 Å². The van der Waals surface area contributed by atoms with E-state index in [1.165, 1.54) is 15.6 Å². The summed E-state index contributed by atoms with van der Waals surface area (Å²) in [5, 5.41) is 6.78. The van der Waals surface area contributed by atoms with Gasteiger partial charge in [-0.1, -0.05) is 0 Å². The van der Waals surface area contributed by atoms with Crippen LogP contribution in [0.3, 0.4) is 0 Å². The van der Waals surface area contributed by atoms with Crippen LogP contribution in [-0.4, -0.2) is 41.7 Å². The van der Waals surface area contributed by atoms with Crippen molar-refractivity contribution in [3.8, 4) is 0 Å². The summed E-state index contributed by atoms with van der Waals surface area (Å²) in [6.45, 7) is 0.305. The van der Waals surface area contributed by atoms with Crippen molar-refractivity contribution >= 4 is 11.6 Å². The summed E-state index contributed by atoms with van der Waals surface area (Å²) in [5.74, 6) is -0.0219. The van der Waals surface area contributed by atoms with Crippen LogP contribution in [0.2, 0.25) is 0 Å². The molecular formula is C10H16N4O2. The van der Waals surface area contributed by atoms with Crippen LogP contribution in [-0.2, 0) is 11.3 Å². The maximum absolute atomic E-state index is 11.5. The van der Waals surface area contributed by atoms with Gasteiger partial charge in [0.1, 0.15) is 0 Å². The maximum Gasteiger partial charge on any atom is 0.268 e. The van der Waals surface area contributed by atoms with Crippen molar-refractivity contribution in [1.29, 1.82) is 0 Å². The molecule has 1 N–H and O–H groups in total. The molecule has 0 bridgehead atoms. The number of hydrogen-bond donors (Lipinski definition) is 1. The molecule has 0 spiro atoms. The van der Waals surface area contributed by atoms with E-state index in [9.17, 15) is 9.59 Å². The van der Waals surface area contributed by atoms with E-state index in [0.717, 1.165) is 0 Å². The van der Waals surface area contributed by atoms with Gasteiger partial charge in [-0.25, -0.2) is 4.68 Å². The Balaban J connectivity index is 2.68. The van der Waals surface area contributed by atoms with E-state index in [1.54, 1.807) is 27.3 Å². The molecule has 0 unspecified atom stereocenters. The number of aryl methyl sites for hydroxylation is 1. The minimum absolute atomic E-state index is 0.0219. The normalized spacial score (nSPS) is 9.94. The SMILES string of the molecule is CNc1cnn(CCC(=O)N(C)C)c(=O)c1. The second-order valence-electron chi connectivity index (χ2n) is 3.59. The van der Waals surface area contributed by atoms with Gasteiger partial charge in [0, 0.05) is 33.6 Å². The van der Waals surface area contributed by atoms with Gasteiger partial charge in [-0.2, -0.15) is 5.10 Å². The fourth-order valence-electron chi connectivity index (χ4n) is 1.16. The molecule has 0 aliphatic rings. The first-order valence-electron chi connectivity index (χ1n) is 4.99. The zero-order valence-electron chi connectivity index (χ0n) is 9.73. The molecule has 6 heteroatoms. The number of amides is 1. The summed E-state index contributed by atoms with van der Waals surface area (Å²) in [4.78, 5) is 24.3. The largest absolute Gasteiger partial charge is 0.387 e. The van der Waals surface area contributed by atoms with Gasteiger partial charge in [0.25, 0.3) is 5.56 Å². The average Bonchev–Trinajstić information content (AvgIpc) is 2.26. The van der Waals surface area contributed by atoms with Gasteiger partial charge < -0.3 is 10.2 Å². The van der Waals surface area contributed by atoms with Gasteiger partial charge in [-0.05, 0) is 0 Å². The number of nitrogens with one attached hydrogen (secondary N) is 1. The van der Waals surface area contributed by atoms with Crippen molar-refractivity contribution in [2.45, 2.75) is 13.0 Å². The smallest absolute Gasteiger partial charge is 0.268 e. The number of aromatic nitrogens is 2. The quantitative estimate of drug-likeness (QED) is 0.766. The van der Waals surface area contributed by atoms with Gasteiger partial charge in [0.2, 0.25) is 5.91 Å². The summed E-state index contributed by atoms with van der Waals surface area (Å²) in [6, 6.07) is 1.45. The molecule has 0 saturated carbocycles. The van der Waals surface area contributed by atoms with Crippen LogP contribution in [0.25, 0.3) is 0 Å². The minimum atomic E-state index is -0.210. The lowest BCUT2D eigenvalue weighted by Crippen LogP contribution is -2.27. The van der Waals surface area contributed by atoms with Crippen molar-refractivity contribution < 1.29 is 4.79 Å². The average molecular weight is 224 g/mol. The first-order chi connectivity index (χ1) is 7.54. The second-order valence-corrected chi connectivity index (χ2v) is 3.59. The summed E-state index contributed by atoms with van der Waals surface area (Å²) in [6.07, 6.45) is 1.83. The Labute approximate surface area is 93.9 Å². The zero-order chi connectivity index (χ0) is 12.1. The van der Waals surface area contributed by atoms with Crippen molar-refractivity contribution in [2.75, 3.05) is 26.5 Å². The zero-order valence-corrected chi connectivity index (χ0v) is 9.73. The summed E-state index contributed by atoms with van der Waals surface area (Å²) in [7, 11) is 5.08. The topological polar surface area (TPSA) is 67.2 Å². The molecule has 6 nitrogen and oxygen atoms in total. The van der Waals surface area contributed by atoms with Gasteiger partial charge in [-0.3, -0.25) is 9.59 Å². The van der Waals surface area contributed by atoms with Gasteiger partial charge >= 0.3 is 0 Å². The highest BCUT2D eigenvalue weighted by atomic mass is 16.2. The lowest BCUT2D eigenvalue weighted by molar-refractivity contribution is -0.128. The first kappa shape index (κ1) is 12.2. The summed E-state index contributed by atoms with van der Waals surface area (Å²) in [5.41, 5.74) is 0.457. The van der Waals surface area contributed by atoms with Crippen molar-refractivity contribution in [2.24, 2.45) is 0 Å². The lowest BCUT2D eigenvalue weighted by atomic mass is 10.4. The molecule has 1 amide bonds. The van der Waals surface area contributed by atoms with Crippen LogP contribution in [0.1, 0.15) is 6.42 Å². The Morgan fingerprint density at radius 1 is 1.56 bits per heavy atom. The predicted octanol–water partition coefficient (Wildman–Crippen LogP) is -0.237. The van der Waals surface area contributed by atoms with E-state index >= 15 is 0 Å². The predicted molar refractivity (Wildman–Crippen MR) is 61.4 cm³/mol. The first-order valence-corrected chi connectivity index (χ1v) is 4.99. The molecule has 0 fully saturated rings. The number of hydrogen-bond acceptors (Lipinski definition) is 4. The second kappa shape index (κ2) is 5.29. The van der Waals surface area contributed by atoms with Crippen LogP contribution < -0.4 is 10.9 Å². The highest BCUT2D eigenvalue weighted by molar-refractivity contribution is 5.75. The molecule has 1 aromatic rings. The van der Waals surface area contributed by atoms with E-state index in [0.29, 0.717) is 12.2 Å². The Morgan fingerprint density at radius 3 is 2.75 bits per heavy atom. The van der Waals surface area contributed by atoms with Crippen LogP contribution in [0.4, 0.5) is 5.69 Å². The molecule has 0 atom stereocenters. The van der Waals surface area contributed by atoms with Crippen LogP contribution in [0, 0.1) is 0 Å². The van der Waals surface area contributed by atoms with Crippen LogP contribution in [0.5, 0.6) is 0 Å². The third-order valence-electron chi connectivity index (χ3n) is 2.19. The highest BCUT2D eigenvalue weighted by Crippen LogP contribution is 1.97. The molecule has 1 aromatic heterocycles. The molecule has 0 radical (unpaired) electrons. The van der Waals surface area contributed by atoms with Crippen LogP contribution >= 0.6 is 0 Å². The summed E-state index contributed by atoms with van der Waals surface area (Å²) < 4.78 is 1.28. The third kappa shape index (κ3) is 3.08. The number of rotatable bonds is 4. The molecule has 0 aliphatic carbocycles. The maximum atomic E-state index is 11.5. The fraction of sp³-hybridized carbons (Fsp3) is 0.500. The number of carbonyl (C=O) groups excluding carboxylic acids is 1. The molecule has 88 valence electrons. The van der Waals surface area contributed by atoms with Crippen molar-refractivity contribution in [3.63, 3.8) is 0 Å². The Bertz CT molecular complexity index is 425. The third-order valence-corrected chi connectivity index (χ3v) is 2.19. The molecule has 1 rings (SSSR count). The number of nitrogens with zero attached hydrogens (tertiary/aromatic N) is 3. The standard InChI is InChI=1S/C10H16N4O2/c1-11-8-6-10(16)14(12-7-8)5-4-9(15)13(2)3/h6-7,11H,4-5H2,1-3H3. The molecular weight excluding hydrogens is 208 g/mol. The number of anilines is 1. The monoisotopic (exact) mass is 224 g/mol. The number of carbonyl (C=O) groups is 1. The van der Waals surface area contributed by atoms with Crippen molar-refractivity contribution in [3.05, 3.63) is 22.6 Å². The van der Waals surface area contributed by atoms with Gasteiger partial charge in [0.05, 0.1) is 18.4 Å². The van der Waals surface area contributed by atoms with E-state index in [2.05, 4.69) is 10.4 Å². The van der Waals surface area contributed by atoms with E-state index in [1.807, 2.05) is 0 Å². The van der Waals surface area contributed by atoms with Gasteiger partial charge in [0.15, 0.2) is 0 Å². The Morgan fingerprint density at radius 2 is 2.25 bits per heavy atom. The lowest BCUT2D eigenvalue weighted by Gasteiger charge is -2.10. The molecule has 16 heavy (non-hydrogen) atoms. The Kier molecular flexibility index (Phi) is 4.04. The van der Waals surface area contributed by atoms with Crippen molar-refractivity contribution in [1.82, 2.24) is 14.7 Å². The fourth-order valence-corrected chi connectivity index (χ4v) is 1.16. The minimum Gasteiger partial charge on any atom is -0.387 e. The molecule has 1 heterocycles. The molecule has 0 saturated heterocycles. The van der Waals surface area contributed by atoms with E-state index in [4.69, 9.17) is 0 Å².